The third-order valence-electron chi connectivity index (χ3n) is 5.05. The second-order valence-corrected chi connectivity index (χ2v) is 7.19. The highest BCUT2D eigenvalue weighted by Gasteiger charge is 2.33. The summed E-state index contributed by atoms with van der Waals surface area (Å²) in [6.45, 7) is 0. The van der Waals surface area contributed by atoms with Crippen molar-refractivity contribution in [1.82, 2.24) is 0 Å². The average Bonchev–Trinajstić information content (AvgIpc) is 2.83. The Kier molecular flexibility index (Phi) is 6.18. The molecule has 0 radical (unpaired) electrons. The first kappa shape index (κ1) is 22.8. The van der Waals surface area contributed by atoms with Crippen LogP contribution in [0.2, 0.25) is 0 Å². The molecule has 0 amide bonds. The lowest BCUT2D eigenvalue weighted by molar-refractivity contribution is -0.385. The minimum atomic E-state index is -4.72. The van der Waals surface area contributed by atoms with E-state index in [4.69, 9.17) is 9.47 Å². The minimum absolute atomic E-state index is 0.207. The lowest BCUT2D eigenvalue weighted by Crippen LogP contribution is -2.06. The van der Waals surface area contributed by atoms with Gasteiger partial charge in [-0.1, -0.05) is 30.3 Å². The minimum Gasteiger partial charge on any atom is -0.497 e. The fraction of sp³-hybridized carbons (Fsp3) is 0.0800. The van der Waals surface area contributed by atoms with E-state index >= 15 is 0 Å². The van der Waals surface area contributed by atoms with Crippen LogP contribution >= 0.6 is 0 Å². The normalized spacial score (nSPS) is 11.6. The fourth-order valence-corrected chi connectivity index (χ4v) is 3.35. The number of rotatable bonds is 6. The quantitative estimate of drug-likeness (QED) is 0.170. The van der Waals surface area contributed by atoms with Crippen LogP contribution in [0.5, 0.6) is 17.2 Å². The van der Waals surface area contributed by atoms with Gasteiger partial charge in [-0.2, -0.15) is 13.2 Å². The molecule has 34 heavy (non-hydrogen) atoms. The van der Waals surface area contributed by atoms with Crippen molar-refractivity contribution in [3.8, 4) is 17.2 Å². The van der Waals surface area contributed by atoms with Crippen LogP contribution in [0, 0.1) is 10.1 Å². The van der Waals surface area contributed by atoms with Crippen molar-refractivity contribution in [1.29, 1.82) is 0 Å². The van der Waals surface area contributed by atoms with Gasteiger partial charge >= 0.3 is 11.9 Å². The number of halogens is 3. The summed E-state index contributed by atoms with van der Waals surface area (Å²) in [5.41, 5.74) is -0.782. The van der Waals surface area contributed by atoms with Crippen LogP contribution in [0.1, 0.15) is 11.1 Å². The van der Waals surface area contributed by atoms with Crippen molar-refractivity contribution in [2.75, 3.05) is 7.11 Å². The molecule has 0 aliphatic heterocycles. The Morgan fingerprint density at radius 3 is 2.32 bits per heavy atom. The molecule has 0 N–H and O–H groups in total. The summed E-state index contributed by atoms with van der Waals surface area (Å²) in [7, 11) is 1.55. The topological polar surface area (TPSA) is 74.0 Å². The van der Waals surface area contributed by atoms with E-state index in [-0.39, 0.29) is 11.5 Å². The Balaban J connectivity index is 1.79. The third-order valence-corrected chi connectivity index (χ3v) is 5.05. The number of nitrogens with zero attached hydrogens (tertiary/aromatic N) is 2. The fourth-order valence-electron chi connectivity index (χ4n) is 3.35. The maximum absolute atomic E-state index is 13.0. The Bertz CT molecular complexity index is 1380. The Morgan fingerprint density at radius 2 is 1.65 bits per heavy atom. The molecule has 0 fully saturated rings. The third kappa shape index (κ3) is 4.83. The van der Waals surface area contributed by atoms with Gasteiger partial charge < -0.3 is 9.47 Å². The van der Waals surface area contributed by atoms with E-state index in [1.807, 2.05) is 24.3 Å². The molecule has 0 heterocycles. The zero-order valence-electron chi connectivity index (χ0n) is 17.7. The van der Waals surface area contributed by atoms with Crippen LogP contribution in [0.4, 0.5) is 24.5 Å². The van der Waals surface area contributed by atoms with E-state index in [0.717, 1.165) is 22.9 Å². The van der Waals surface area contributed by atoms with Crippen molar-refractivity contribution in [3.63, 3.8) is 0 Å². The van der Waals surface area contributed by atoms with Gasteiger partial charge in [0.1, 0.15) is 11.5 Å². The number of hydrogen-bond acceptors (Lipinski definition) is 5. The summed E-state index contributed by atoms with van der Waals surface area (Å²) in [5.74, 6) is 0.564. The SMILES string of the molecule is COc1ccc(N=Cc2c(Oc3ccc(C(F)(F)F)cc3[N+](=O)[O-])ccc3ccccc23)cc1. The zero-order valence-corrected chi connectivity index (χ0v) is 17.7. The van der Waals surface area contributed by atoms with E-state index in [0.29, 0.717) is 23.1 Å². The molecule has 172 valence electrons. The summed E-state index contributed by atoms with van der Waals surface area (Å²) >= 11 is 0. The lowest BCUT2D eigenvalue weighted by Gasteiger charge is -2.13. The molecule has 4 rings (SSSR count). The molecule has 0 aromatic heterocycles. The van der Waals surface area contributed by atoms with Gasteiger partial charge in [0.25, 0.3) is 0 Å². The first-order valence-electron chi connectivity index (χ1n) is 9.99. The number of aliphatic imine (C=N–C) groups is 1. The molecule has 0 aliphatic rings. The summed E-state index contributed by atoms with van der Waals surface area (Å²) in [5, 5.41) is 13.1. The molecule has 0 aliphatic carbocycles. The monoisotopic (exact) mass is 466 g/mol. The van der Waals surface area contributed by atoms with E-state index in [1.165, 1.54) is 0 Å². The molecular weight excluding hydrogens is 449 g/mol. The standard InChI is InChI=1S/C25H17F3N2O4/c1-33-19-10-8-18(9-11-19)29-15-21-20-5-3-2-4-16(20)6-12-23(21)34-24-13-7-17(25(26,27)28)14-22(24)30(31)32/h2-15H,1H3. The molecule has 0 saturated heterocycles. The highest BCUT2D eigenvalue weighted by Crippen LogP contribution is 2.39. The summed E-state index contributed by atoms with van der Waals surface area (Å²) in [6, 6.07) is 19.9. The maximum atomic E-state index is 13.0. The van der Waals surface area contributed by atoms with Crippen molar-refractivity contribution >= 4 is 28.4 Å². The van der Waals surface area contributed by atoms with E-state index in [2.05, 4.69) is 4.99 Å². The van der Waals surface area contributed by atoms with Crippen LogP contribution in [0.15, 0.2) is 83.9 Å². The number of nitro groups is 1. The van der Waals surface area contributed by atoms with E-state index in [9.17, 15) is 23.3 Å². The smallest absolute Gasteiger partial charge is 0.416 e. The second-order valence-electron chi connectivity index (χ2n) is 7.19. The van der Waals surface area contributed by atoms with Crippen LogP contribution < -0.4 is 9.47 Å². The van der Waals surface area contributed by atoms with Crippen molar-refractivity contribution < 1.29 is 27.6 Å². The van der Waals surface area contributed by atoms with Gasteiger partial charge in [0.2, 0.25) is 5.75 Å². The first-order chi connectivity index (χ1) is 16.3. The molecule has 0 spiro atoms. The van der Waals surface area contributed by atoms with Gasteiger partial charge in [-0.25, -0.2) is 0 Å². The Morgan fingerprint density at radius 1 is 0.941 bits per heavy atom. The molecule has 6 nitrogen and oxygen atoms in total. The Hall–Kier alpha value is -4.40. The summed E-state index contributed by atoms with van der Waals surface area (Å²) in [4.78, 5) is 15.0. The predicted molar refractivity (Wildman–Crippen MR) is 122 cm³/mol. The predicted octanol–water partition coefficient (Wildman–Crippen LogP) is 7.32. The van der Waals surface area contributed by atoms with Crippen molar-refractivity contribution in [2.24, 2.45) is 4.99 Å². The molecule has 0 bridgehead atoms. The van der Waals surface area contributed by atoms with Crippen molar-refractivity contribution in [2.45, 2.75) is 6.18 Å². The van der Waals surface area contributed by atoms with Crippen LogP contribution in [-0.2, 0) is 6.18 Å². The van der Waals surface area contributed by atoms with Gasteiger partial charge in [-0.05, 0) is 53.2 Å². The molecule has 9 heteroatoms. The molecular formula is C25H17F3N2O4. The molecule has 0 saturated carbocycles. The highest BCUT2D eigenvalue weighted by molar-refractivity contribution is 6.03. The Labute approximate surface area is 192 Å². The summed E-state index contributed by atoms with van der Waals surface area (Å²) in [6.07, 6.45) is -3.17. The lowest BCUT2D eigenvalue weighted by atomic mass is 10.0. The number of benzene rings is 4. The largest absolute Gasteiger partial charge is 0.497 e. The van der Waals surface area contributed by atoms with Crippen LogP contribution in [0.3, 0.4) is 0 Å². The second kappa shape index (κ2) is 9.22. The van der Waals surface area contributed by atoms with Gasteiger partial charge in [0.05, 0.1) is 23.3 Å². The maximum Gasteiger partial charge on any atom is 0.416 e. The summed E-state index contributed by atoms with van der Waals surface area (Å²) < 4.78 is 50.1. The number of hydrogen-bond donors (Lipinski definition) is 0. The van der Waals surface area contributed by atoms with Gasteiger partial charge in [0.15, 0.2) is 0 Å². The number of alkyl halides is 3. The van der Waals surface area contributed by atoms with E-state index < -0.39 is 22.4 Å². The van der Waals surface area contributed by atoms with Crippen LogP contribution in [0.25, 0.3) is 10.8 Å². The zero-order chi connectivity index (χ0) is 24.3. The van der Waals surface area contributed by atoms with Crippen LogP contribution in [-0.4, -0.2) is 18.2 Å². The van der Waals surface area contributed by atoms with Gasteiger partial charge in [0, 0.05) is 17.8 Å². The number of ether oxygens (including phenoxy) is 2. The number of fused-ring (bicyclic) bond motifs is 1. The van der Waals surface area contributed by atoms with Gasteiger partial charge in [-0.3, -0.25) is 15.1 Å². The molecule has 0 unspecified atom stereocenters. The average molecular weight is 466 g/mol. The molecule has 4 aromatic rings. The van der Waals surface area contributed by atoms with Crippen molar-refractivity contribution in [3.05, 3.63) is 100 Å². The number of nitro benzene ring substituents is 1. The number of methoxy groups -OCH3 is 1. The molecule has 0 atom stereocenters. The highest BCUT2D eigenvalue weighted by atomic mass is 19.4. The van der Waals surface area contributed by atoms with Gasteiger partial charge in [-0.15, -0.1) is 0 Å². The molecule has 4 aromatic carbocycles. The first-order valence-corrected chi connectivity index (χ1v) is 9.99. The van der Waals surface area contributed by atoms with E-state index in [1.54, 1.807) is 49.7 Å².